The van der Waals surface area contributed by atoms with E-state index in [9.17, 15) is 0 Å². The Hall–Kier alpha value is -1.69. The molecule has 0 bridgehead atoms. The summed E-state index contributed by atoms with van der Waals surface area (Å²) in [5.74, 6) is 0.930. The second-order valence-electron chi connectivity index (χ2n) is 4.63. The molecule has 1 aromatic rings. The third-order valence-corrected chi connectivity index (χ3v) is 3.38. The second-order valence-corrected chi connectivity index (χ2v) is 4.63. The normalized spacial score (nSPS) is 16.1. The van der Waals surface area contributed by atoms with E-state index in [1.807, 2.05) is 12.1 Å². The molecule has 0 radical (unpaired) electrons. The molecule has 1 N–H and O–H groups in total. The first-order valence-corrected chi connectivity index (χ1v) is 6.05. The third-order valence-electron chi connectivity index (χ3n) is 3.38. The maximum atomic E-state index is 9.01. The predicted molar refractivity (Wildman–Crippen MR) is 68.1 cm³/mol. The highest BCUT2D eigenvalue weighted by molar-refractivity contribution is 5.51. The Balaban J connectivity index is 2.04. The molecule has 1 fully saturated rings. The third kappa shape index (κ3) is 2.52. The molecule has 90 valence electrons. The van der Waals surface area contributed by atoms with Gasteiger partial charge in [-0.3, -0.25) is 0 Å². The van der Waals surface area contributed by atoms with E-state index in [1.54, 1.807) is 7.11 Å². The molecule has 2 rings (SSSR count). The van der Waals surface area contributed by atoms with Crippen LogP contribution in [0.3, 0.4) is 0 Å². The molecule has 0 unspecified atom stereocenters. The first kappa shape index (κ1) is 11.8. The Morgan fingerprint density at radius 3 is 2.76 bits per heavy atom. The van der Waals surface area contributed by atoms with Crippen LogP contribution in [0.25, 0.3) is 0 Å². The summed E-state index contributed by atoms with van der Waals surface area (Å²) in [6.45, 7) is 2.86. The van der Waals surface area contributed by atoms with Crippen molar-refractivity contribution in [1.82, 2.24) is 0 Å². The molecule has 0 saturated heterocycles. The summed E-state index contributed by atoms with van der Waals surface area (Å²) in [6, 6.07) is 8.47. The predicted octanol–water partition coefficient (Wildman–Crippen LogP) is 2.97. The number of rotatable bonds is 5. The second kappa shape index (κ2) is 4.67. The number of nitriles is 1. The van der Waals surface area contributed by atoms with Crippen LogP contribution >= 0.6 is 0 Å². The molecular weight excluding hydrogens is 212 g/mol. The van der Waals surface area contributed by atoms with Crippen LogP contribution < -0.4 is 10.1 Å². The van der Waals surface area contributed by atoms with Crippen molar-refractivity contribution in [3.05, 3.63) is 23.8 Å². The van der Waals surface area contributed by atoms with Crippen LogP contribution in [0.2, 0.25) is 0 Å². The highest BCUT2D eigenvalue weighted by Crippen LogP contribution is 2.44. The average molecular weight is 230 g/mol. The van der Waals surface area contributed by atoms with Crippen LogP contribution in [0.4, 0.5) is 5.69 Å². The van der Waals surface area contributed by atoms with Gasteiger partial charge >= 0.3 is 0 Å². The summed E-state index contributed by atoms with van der Waals surface area (Å²) in [6.07, 6.45) is 2.99. The quantitative estimate of drug-likeness (QED) is 0.845. The van der Waals surface area contributed by atoms with Crippen molar-refractivity contribution in [2.24, 2.45) is 5.41 Å². The van der Waals surface area contributed by atoms with Crippen molar-refractivity contribution in [2.75, 3.05) is 19.0 Å². The lowest BCUT2D eigenvalue weighted by Crippen LogP contribution is -2.13. The van der Waals surface area contributed by atoms with Gasteiger partial charge in [-0.05, 0) is 43.0 Å². The van der Waals surface area contributed by atoms with Crippen LogP contribution in [-0.4, -0.2) is 13.7 Å². The number of benzene rings is 1. The summed E-state index contributed by atoms with van der Waals surface area (Å²) in [4.78, 5) is 0. The number of hydrogen-bond donors (Lipinski definition) is 1. The molecule has 3 heteroatoms. The molecule has 1 aliphatic rings. The molecule has 3 nitrogen and oxygen atoms in total. The standard InChI is InChI=1S/C14H18N2O/c1-3-11-8-12(4-5-13(11)17-2)16-10-14(9-15)6-7-14/h4-5,8,16H,3,6-7,10H2,1-2H3. The minimum atomic E-state index is -0.105. The number of hydrogen-bond acceptors (Lipinski definition) is 3. The van der Waals surface area contributed by atoms with Crippen molar-refractivity contribution >= 4 is 5.69 Å². The van der Waals surface area contributed by atoms with Crippen molar-refractivity contribution in [3.63, 3.8) is 0 Å². The summed E-state index contributed by atoms with van der Waals surface area (Å²) < 4.78 is 5.29. The van der Waals surface area contributed by atoms with Gasteiger partial charge in [0.15, 0.2) is 0 Å². The Kier molecular flexibility index (Phi) is 3.23. The molecule has 0 heterocycles. The SMILES string of the molecule is CCc1cc(NCC2(C#N)CC2)ccc1OC. The summed E-state index contributed by atoms with van der Waals surface area (Å²) in [5, 5.41) is 12.4. The number of methoxy groups -OCH3 is 1. The van der Waals surface area contributed by atoms with E-state index in [0.29, 0.717) is 0 Å². The molecule has 0 aliphatic heterocycles. The van der Waals surface area contributed by atoms with Gasteiger partial charge in [-0.15, -0.1) is 0 Å². The van der Waals surface area contributed by atoms with Crippen LogP contribution in [0, 0.1) is 16.7 Å². The number of anilines is 1. The Morgan fingerprint density at radius 1 is 1.47 bits per heavy atom. The molecule has 1 aromatic carbocycles. The van der Waals surface area contributed by atoms with Gasteiger partial charge in [0.05, 0.1) is 18.6 Å². The summed E-state index contributed by atoms with van der Waals surface area (Å²) in [5.41, 5.74) is 2.16. The number of nitrogens with one attached hydrogen (secondary N) is 1. The van der Waals surface area contributed by atoms with Crippen molar-refractivity contribution in [1.29, 1.82) is 5.26 Å². The minimum Gasteiger partial charge on any atom is -0.496 e. The van der Waals surface area contributed by atoms with E-state index in [1.165, 1.54) is 5.56 Å². The fourth-order valence-electron chi connectivity index (χ4n) is 1.92. The van der Waals surface area contributed by atoms with E-state index in [2.05, 4.69) is 24.4 Å². The minimum absolute atomic E-state index is 0.105. The van der Waals surface area contributed by atoms with Gasteiger partial charge in [0, 0.05) is 12.2 Å². The van der Waals surface area contributed by atoms with Gasteiger partial charge in [0.2, 0.25) is 0 Å². The van der Waals surface area contributed by atoms with Gasteiger partial charge in [0.1, 0.15) is 5.75 Å². The van der Waals surface area contributed by atoms with Crippen molar-refractivity contribution < 1.29 is 4.74 Å². The number of aryl methyl sites for hydroxylation is 1. The zero-order chi connectivity index (χ0) is 12.3. The van der Waals surface area contributed by atoms with E-state index >= 15 is 0 Å². The van der Waals surface area contributed by atoms with E-state index in [-0.39, 0.29) is 5.41 Å². The topological polar surface area (TPSA) is 45.0 Å². The van der Waals surface area contributed by atoms with E-state index in [0.717, 1.165) is 37.2 Å². The molecular formula is C14H18N2O. The van der Waals surface area contributed by atoms with Gasteiger partial charge < -0.3 is 10.1 Å². The zero-order valence-corrected chi connectivity index (χ0v) is 10.4. The molecule has 17 heavy (non-hydrogen) atoms. The first-order valence-electron chi connectivity index (χ1n) is 6.05. The van der Waals surface area contributed by atoms with Crippen LogP contribution in [0.15, 0.2) is 18.2 Å². The lowest BCUT2D eigenvalue weighted by atomic mass is 10.1. The van der Waals surface area contributed by atoms with Gasteiger partial charge in [-0.2, -0.15) is 5.26 Å². The van der Waals surface area contributed by atoms with Crippen LogP contribution in [0.1, 0.15) is 25.3 Å². The zero-order valence-electron chi connectivity index (χ0n) is 10.4. The van der Waals surface area contributed by atoms with Crippen molar-refractivity contribution in [2.45, 2.75) is 26.2 Å². The fraction of sp³-hybridized carbons (Fsp3) is 0.500. The van der Waals surface area contributed by atoms with E-state index < -0.39 is 0 Å². The maximum absolute atomic E-state index is 9.01. The maximum Gasteiger partial charge on any atom is 0.122 e. The van der Waals surface area contributed by atoms with Gasteiger partial charge in [-0.1, -0.05) is 6.92 Å². The highest BCUT2D eigenvalue weighted by Gasteiger charge is 2.42. The number of ether oxygens (including phenoxy) is 1. The van der Waals surface area contributed by atoms with Crippen LogP contribution in [-0.2, 0) is 6.42 Å². The largest absolute Gasteiger partial charge is 0.496 e. The Labute approximate surface area is 102 Å². The van der Waals surface area contributed by atoms with Gasteiger partial charge in [-0.25, -0.2) is 0 Å². The van der Waals surface area contributed by atoms with Gasteiger partial charge in [0.25, 0.3) is 0 Å². The fourth-order valence-corrected chi connectivity index (χ4v) is 1.92. The lowest BCUT2D eigenvalue weighted by molar-refractivity contribution is 0.410. The smallest absolute Gasteiger partial charge is 0.122 e. The van der Waals surface area contributed by atoms with E-state index in [4.69, 9.17) is 10.00 Å². The Bertz CT molecular complexity index is 444. The molecule has 1 saturated carbocycles. The highest BCUT2D eigenvalue weighted by atomic mass is 16.5. The molecule has 1 aliphatic carbocycles. The van der Waals surface area contributed by atoms with Crippen LogP contribution in [0.5, 0.6) is 5.75 Å². The monoisotopic (exact) mass is 230 g/mol. The summed E-state index contributed by atoms with van der Waals surface area (Å²) >= 11 is 0. The Morgan fingerprint density at radius 2 is 2.24 bits per heavy atom. The molecule has 0 amide bonds. The molecule has 0 spiro atoms. The van der Waals surface area contributed by atoms with Crippen molar-refractivity contribution in [3.8, 4) is 11.8 Å². The first-order chi connectivity index (χ1) is 8.23. The number of nitrogens with zero attached hydrogens (tertiary/aromatic N) is 1. The average Bonchev–Trinajstić information content (AvgIpc) is 3.16. The molecule has 0 aromatic heterocycles. The summed E-state index contributed by atoms with van der Waals surface area (Å²) in [7, 11) is 1.69. The lowest BCUT2D eigenvalue weighted by Gasteiger charge is -2.12. The molecule has 0 atom stereocenters.